The van der Waals surface area contributed by atoms with Crippen LogP contribution in [0.2, 0.25) is 0 Å². The standard InChI is InChI=1S/C23H17Br2NO2S/c24-16-23-21(15-12-17-10-13-18(25)14-11-17)20-8-4-5-9-22(20)26(23)29(27,28)19-6-2-1-3-7-19/h1-15H,16H2/b15-12+. The molecule has 0 aliphatic rings. The molecule has 29 heavy (non-hydrogen) atoms. The minimum atomic E-state index is -3.73. The molecule has 3 nitrogen and oxygen atoms in total. The number of hydrogen-bond donors (Lipinski definition) is 0. The third kappa shape index (κ3) is 3.84. The SMILES string of the molecule is O=S(=O)(c1ccccc1)n1c(CBr)c(/C=C/c2ccc(Br)cc2)c2ccccc21. The Kier molecular flexibility index (Phi) is 5.76. The Hall–Kier alpha value is -2.15. The van der Waals surface area contributed by atoms with Gasteiger partial charge in [-0.05, 0) is 35.9 Å². The Labute approximate surface area is 187 Å². The molecule has 4 aromatic rings. The van der Waals surface area contributed by atoms with Gasteiger partial charge in [0.25, 0.3) is 10.0 Å². The van der Waals surface area contributed by atoms with E-state index in [0.717, 1.165) is 21.0 Å². The quantitative estimate of drug-likeness (QED) is 0.269. The van der Waals surface area contributed by atoms with Crippen LogP contribution in [0.25, 0.3) is 23.1 Å². The second-order valence-electron chi connectivity index (χ2n) is 6.48. The first-order chi connectivity index (χ1) is 14.0. The molecule has 0 unspecified atom stereocenters. The van der Waals surface area contributed by atoms with Gasteiger partial charge in [0.05, 0.1) is 16.1 Å². The molecule has 0 N–H and O–H groups in total. The number of halogens is 2. The molecule has 0 atom stereocenters. The van der Waals surface area contributed by atoms with Crippen molar-refractivity contribution in [1.82, 2.24) is 3.97 Å². The molecule has 1 aromatic heterocycles. The van der Waals surface area contributed by atoms with Crippen LogP contribution in [0.15, 0.2) is 88.2 Å². The Balaban J connectivity index is 1.94. The maximum absolute atomic E-state index is 13.5. The molecular formula is C23H17Br2NO2S. The topological polar surface area (TPSA) is 39.1 Å². The lowest BCUT2D eigenvalue weighted by molar-refractivity contribution is 0.588. The Morgan fingerprint density at radius 1 is 0.828 bits per heavy atom. The molecule has 0 amide bonds. The van der Waals surface area contributed by atoms with Gasteiger partial charge in [-0.3, -0.25) is 0 Å². The predicted molar refractivity (Wildman–Crippen MR) is 127 cm³/mol. The van der Waals surface area contributed by atoms with E-state index in [-0.39, 0.29) is 4.90 Å². The molecule has 3 aromatic carbocycles. The van der Waals surface area contributed by atoms with E-state index in [1.54, 1.807) is 24.3 Å². The van der Waals surface area contributed by atoms with Crippen molar-refractivity contribution >= 4 is 64.9 Å². The molecule has 0 bridgehead atoms. The first-order valence-corrected chi connectivity index (χ1v) is 12.3. The van der Waals surface area contributed by atoms with Gasteiger partial charge in [-0.15, -0.1) is 0 Å². The lowest BCUT2D eigenvalue weighted by atomic mass is 10.1. The lowest BCUT2D eigenvalue weighted by Gasteiger charge is -2.11. The van der Waals surface area contributed by atoms with Gasteiger partial charge < -0.3 is 0 Å². The Morgan fingerprint density at radius 3 is 2.17 bits per heavy atom. The highest BCUT2D eigenvalue weighted by molar-refractivity contribution is 9.10. The predicted octanol–water partition coefficient (Wildman–Crippen LogP) is 6.71. The monoisotopic (exact) mass is 529 g/mol. The summed E-state index contributed by atoms with van der Waals surface area (Å²) in [4.78, 5) is 0.270. The van der Waals surface area contributed by atoms with Gasteiger partial charge >= 0.3 is 0 Å². The number of fused-ring (bicyclic) bond motifs is 1. The molecule has 6 heteroatoms. The van der Waals surface area contributed by atoms with Gasteiger partial charge in [0.15, 0.2) is 0 Å². The summed E-state index contributed by atoms with van der Waals surface area (Å²) >= 11 is 6.96. The van der Waals surface area contributed by atoms with Crippen molar-refractivity contribution in [3.63, 3.8) is 0 Å². The van der Waals surface area contributed by atoms with E-state index in [1.807, 2.05) is 66.7 Å². The molecule has 0 fully saturated rings. The van der Waals surface area contributed by atoms with Gasteiger partial charge in [-0.25, -0.2) is 12.4 Å². The number of benzene rings is 3. The number of nitrogens with zero attached hydrogens (tertiary/aromatic N) is 1. The molecule has 1 heterocycles. The summed E-state index contributed by atoms with van der Waals surface area (Å²) in [6.07, 6.45) is 3.99. The molecule has 0 aliphatic heterocycles. The van der Waals surface area contributed by atoms with E-state index in [9.17, 15) is 8.42 Å². The van der Waals surface area contributed by atoms with Crippen molar-refractivity contribution in [2.75, 3.05) is 0 Å². The van der Waals surface area contributed by atoms with Gasteiger partial charge in [0, 0.05) is 20.8 Å². The smallest absolute Gasteiger partial charge is 0.236 e. The molecule has 0 aliphatic carbocycles. The average Bonchev–Trinajstić information content (AvgIpc) is 3.08. The highest BCUT2D eigenvalue weighted by Crippen LogP contribution is 2.33. The van der Waals surface area contributed by atoms with Crippen LogP contribution >= 0.6 is 31.9 Å². The Morgan fingerprint density at radius 2 is 1.48 bits per heavy atom. The zero-order chi connectivity index (χ0) is 20.4. The third-order valence-corrected chi connectivity index (χ3v) is 7.52. The van der Waals surface area contributed by atoms with E-state index in [1.165, 1.54) is 3.97 Å². The van der Waals surface area contributed by atoms with Crippen molar-refractivity contribution in [3.05, 3.63) is 100 Å². The number of rotatable bonds is 5. The van der Waals surface area contributed by atoms with Gasteiger partial charge in [0.2, 0.25) is 0 Å². The number of hydrogen-bond acceptors (Lipinski definition) is 2. The molecular weight excluding hydrogens is 514 g/mol. The van der Waals surface area contributed by atoms with Crippen LogP contribution in [0.5, 0.6) is 0 Å². The van der Waals surface area contributed by atoms with Gasteiger partial charge in [-0.2, -0.15) is 0 Å². The number of para-hydroxylation sites is 1. The van der Waals surface area contributed by atoms with E-state index in [4.69, 9.17) is 0 Å². The minimum absolute atomic E-state index is 0.270. The van der Waals surface area contributed by atoms with Crippen LogP contribution in [0.1, 0.15) is 16.8 Å². The van der Waals surface area contributed by atoms with Crippen molar-refractivity contribution in [1.29, 1.82) is 0 Å². The van der Waals surface area contributed by atoms with Crippen molar-refractivity contribution in [2.24, 2.45) is 0 Å². The normalized spacial score (nSPS) is 12.1. The summed E-state index contributed by atoms with van der Waals surface area (Å²) in [6, 6.07) is 24.1. The van der Waals surface area contributed by atoms with Crippen LogP contribution in [0.3, 0.4) is 0 Å². The fourth-order valence-electron chi connectivity index (χ4n) is 3.33. The summed E-state index contributed by atoms with van der Waals surface area (Å²) in [7, 11) is -3.73. The summed E-state index contributed by atoms with van der Waals surface area (Å²) < 4.78 is 29.4. The van der Waals surface area contributed by atoms with E-state index >= 15 is 0 Å². The maximum Gasteiger partial charge on any atom is 0.268 e. The third-order valence-electron chi connectivity index (χ3n) is 4.69. The zero-order valence-electron chi connectivity index (χ0n) is 15.3. The fraction of sp³-hybridized carbons (Fsp3) is 0.0435. The lowest BCUT2D eigenvalue weighted by Crippen LogP contribution is -2.15. The van der Waals surface area contributed by atoms with Crippen LogP contribution in [0.4, 0.5) is 0 Å². The van der Waals surface area contributed by atoms with E-state index < -0.39 is 10.0 Å². The molecule has 0 saturated carbocycles. The summed E-state index contributed by atoms with van der Waals surface area (Å²) in [6.45, 7) is 0. The zero-order valence-corrected chi connectivity index (χ0v) is 19.3. The van der Waals surface area contributed by atoms with E-state index in [2.05, 4.69) is 31.9 Å². The second-order valence-corrected chi connectivity index (χ2v) is 9.74. The molecule has 0 saturated heterocycles. The maximum atomic E-state index is 13.5. The van der Waals surface area contributed by atoms with E-state index in [0.29, 0.717) is 16.5 Å². The van der Waals surface area contributed by atoms with Crippen LogP contribution in [-0.2, 0) is 15.4 Å². The van der Waals surface area contributed by atoms with Crippen LogP contribution in [-0.4, -0.2) is 12.4 Å². The largest absolute Gasteiger partial charge is 0.268 e. The highest BCUT2D eigenvalue weighted by atomic mass is 79.9. The second kappa shape index (κ2) is 8.30. The van der Waals surface area contributed by atoms with Crippen LogP contribution < -0.4 is 0 Å². The molecule has 0 spiro atoms. The highest BCUT2D eigenvalue weighted by Gasteiger charge is 2.25. The molecule has 4 rings (SSSR count). The fourth-order valence-corrected chi connectivity index (χ4v) is 5.89. The average molecular weight is 531 g/mol. The summed E-state index contributed by atoms with van der Waals surface area (Å²) in [5.41, 5.74) is 3.29. The van der Waals surface area contributed by atoms with Crippen molar-refractivity contribution < 1.29 is 8.42 Å². The van der Waals surface area contributed by atoms with Crippen LogP contribution in [0, 0.1) is 0 Å². The minimum Gasteiger partial charge on any atom is -0.236 e. The summed E-state index contributed by atoms with van der Waals surface area (Å²) in [5.74, 6) is 0. The molecule has 146 valence electrons. The van der Waals surface area contributed by atoms with Crippen molar-refractivity contribution in [2.45, 2.75) is 10.2 Å². The van der Waals surface area contributed by atoms with Crippen molar-refractivity contribution in [3.8, 4) is 0 Å². The Bertz CT molecular complexity index is 1290. The first kappa shape index (κ1) is 20.1. The number of aromatic nitrogens is 1. The van der Waals surface area contributed by atoms with Gasteiger partial charge in [0.1, 0.15) is 0 Å². The van der Waals surface area contributed by atoms with Gasteiger partial charge in [-0.1, -0.05) is 92.5 Å². The first-order valence-electron chi connectivity index (χ1n) is 8.95. The summed E-state index contributed by atoms with van der Waals surface area (Å²) in [5, 5.41) is 1.31. The number of alkyl halides is 1. The molecule has 0 radical (unpaired) electrons.